The lowest BCUT2D eigenvalue weighted by Crippen LogP contribution is -2.40. The van der Waals surface area contributed by atoms with Crippen LogP contribution in [0.4, 0.5) is 5.69 Å². The fourth-order valence-corrected chi connectivity index (χ4v) is 6.31. The first-order chi connectivity index (χ1) is 19.4. The molecule has 1 unspecified atom stereocenters. The fourth-order valence-electron chi connectivity index (χ4n) is 6.31. The molecule has 1 saturated carbocycles. The standard InChI is InChI=1S/C31H37N7O2/c1-4-23(10-13-37(2)3)38-19-22(17-34-38)35-29(39)21-14-25-26(18-33-28(25)32-16-21)20-8-9-24-27(15-20)31(36-30(24)40)11-6-5-7-12-31/h8-9,14-19,23H,4-7,10-13H2,1-3H3,(H,32,33)(H,35,39)(H,36,40). The van der Waals surface area contributed by atoms with Crippen molar-refractivity contribution in [2.24, 2.45) is 0 Å². The maximum atomic E-state index is 13.2. The number of benzene rings is 1. The number of hydrogen-bond acceptors (Lipinski definition) is 5. The minimum absolute atomic E-state index is 0.0225. The first-order valence-electron chi connectivity index (χ1n) is 14.3. The van der Waals surface area contributed by atoms with Crippen LogP contribution >= 0.6 is 0 Å². The zero-order valence-corrected chi connectivity index (χ0v) is 23.5. The third-order valence-electron chi connectivity index (χ3n) is 8.56. The second-order valence-electron chi connectivity index (χ2n) is 11.5. The van der Waals surface area contributed by atoms with E-state index in [4.69, 9.17) is 0 Å². The number of carbonyl (C=O) groups excluding carboxylic acids is 2. The van der Waals surface area contributed by atoms with Gasteiger partial charge in [0.05, 0.1) is 29.0 Å². The van der Waals surface area contributed by atoms with Crippen LogP contribution in [0.15, 0.2) is 49.1 Å². The third-order valence-corrected chi connectivity index (χ3v) is 8.56. The Bertz CT molecular complexity index is 1560. The van der Waals surface area contributed by atoms with Crippen molar-refractivity contribution in [2.75, 3.05) is 26.0 Å². The molecule has 1 fully saturated rings. The largest absolute Gasteiger partial charge is 0.346 e. The minimum atomic E-state index is -0.260. The minimum Gasteiger partial charge on any atom is -0.346 e. The molecule has 0 radical (unpaired) electrons. The number of fused-ring (bicyclic) bond motifs is 3. The van der Waals surface area contributed by atoms with E-state index in [1.54, 1.807) is 12.4 Å². The van der Waals surface area contributed by atoms with Crippen molar-refractivity contribution in [1.82, 2.24) is 30.0 Å². The predicted octanol–water partition coefficient (Wildman–Crippen LogP) is 5.48. The molecule has 1 aromatic carbocycles. The summed E-state index contributed by atoms with van der Waals surface area (Å²) in [5.41, 5.74) is 5.44. The Hall–Kier alpha value is -3.98. The van der Waals surface area contributed by atoms with E-state index in [1.165, 1.54) is 6.42 Å². The molecule has 6 rings (SSSR count). The summed E-state index contributed by atoms with van der Waals surface area (Å²) in [7, 11) is 4.13. The highest BCUT2D eigenvalue weighted by molar-refractivity contribution is 6.07. The first-order valence-corrected chi connectivity index (χ1v) is 14.3. The molecule has 0 bridgehead atoms. The molecule has 1 aliphatic carbocycles. The molecule has 9 nitrogen and oxygen atoms in total. The number of hydrogen-bond donors (Lipinski definition) is 3. The number of H-pyrrole nitrogens is 1. The number of anilines is 1. The zero-order valence-electron chi connectivity index (χ0n) is 23.5. The maximum absolute atomic E-state index is 13.2. The second-order valence-corrected chi connectivity index (χ2v) is 11.5. The molecular formula is C31H37N7O2. The van der Waals surface area contributed by atoms with E-state index in [0.29, 0.717) is 16.9 Å². The van der Waals surface area contributed by atoms with Gasteiger partial charge in [0, 0.05) is 35.1 Å². The van der Waals surface area contributed by atoms with Crippen LogP contribution < -0.4 is 10.6 Å². The van der Waals surface area contributed by atoms with Gasteiger partial charge in [-0.05, 0) is 75.6 Å². The van der Waals surface area contributed by atoms with Gasteiger partial charge in [0.15, 0.2) is 0 Å². The van der Waals surface area contributed by atoms with Gasteiger partial charge in [-0.2, -0.15) is 5.10 Å². The van der Waals surface area contributed by atoms with E-state index < -0.39 is 0 Å². The van der Waals surface area contributed by atoms with E-state index in [2.05, 4.69) is 57.7 Å². The molecule has 1 atom stereocenters. The van der Waals surface area contributed by atoms with E-state index in [1.807, 2.05) is 35.3 Å². The van der Waals surface area contributed by atoms with Crippen molar-refractivity contribution in [3.63, 3.8) is 0 Å². The molecule has 4 aromatic rings. The van der Waals surface area contributed by atoms with Crippen molar-refractivity contribution in [1.29, 1.82) is 0 Å². The molecule has 2 aliphatic rings. The van der Waals surface area contributed by atoms with Crippen molar-refractivity contribution >= 4 is 28.5 Å². The van der Waals surface area contributed by atoms with Gasteiger partial charge in [-0.15, -0.1) is 0 Å². The second kappa shape index (κ2) is 10.5. The Labute approximate surface area is 234 Å². The van der Waals surface area contributed by atoms with Gasteiger partial charge in [-0.25, -0.2) is 4.98 Å². The number of pyridine rings is 1. The Morgan fingerprint density at radius 1 is 1.15 bits per heavy atom. The number of rotatable bonds is 8. The summed E-state index contributed by atoms with van der Waals surface area (Å²) < 4.78 is 1.94. The fraction of sp³-hybridized carbons (Fsp3) is 0.419. The van der Waals surface area contributed by atoms with Crippen LogP contribution in [0.3, 0.4) is 0 Å². The van der Waals surface area contributed by atoms with E-state index >= 15 is 0 Å². The SMILES string of the molecule is CCC(CCN(C)C)n1cc(NC(=O)c2cnc3[nH]cc(-c4ccc5c(c4)C4(CCCCC4)NC5=O)c3c2)cn1. The highest BCUT2D eigenvalue weighted by atomic mass is 16.2. The van der Waals surface area contributed by atoms with Gasteiger partial charge in [0.1, 0.15) is 5.65 Å². The summed E-state index contributed by atoms with van der Waals surface area (Å²) in [4.78, 5) is 35.9. The van der Waals surface area contributed by atoms with Crippen LogP contribution in [0.2, 0.25) is 0 Å². The summed E-state index contributed by atoms with van der Waals surface area (Å²) in [6.45, 7) is 3.13. The molecule has 3 N–H and O–H groups in total. The lowest BCUT2D eigenvalue weighted by atomic mass is 9.77. The Morgan fingerprint density at radius 3 is 2.75 bits per heavy atom. The third kappa shape index (κ3) is 4.79. The summed E-state index contributed by atoms with van der Waals surface area (Å²) in [6.07, 6.45) is 14.5. The lowest BCUT2D eigenvalue weighted by Gasteiger charge is -2.34. The predicted molar refractivity (Wildman–Crippen MR) is 156 cm³/mol. The Balaban J connectivity index is 1.25. The molecule has 2 amide bonds. The van der Waals surface area contributed by atoms with Crippen LogP contribution in [0, 0.1) is 0 Å². The van der Waals surface area contributed by atoms with E-state index in [0.717, 1.165) is 72.7 Å². The van der Waals surface area contributed by atoms with E-state index in [9.17, 15) is 9.59 Å². The van der Waals surface area contributed by atoms with Crippen molar-refractivity contribution in [3.05, 3.63) is 65.7 Å². The zero-order chi connectivity index (χ0) is 27.9. The number of nitrogens with zero attached hydrogens (tertiary/aromatic N) is 4. The topological polar surface area (TPSA) is 108 Å². The lowest BCUT2D eigenvalue weighted by molar-refractivity contribution is 0.0909. The highest BCUT2D eigenvalue weighted by Gasteiger charge is 2.43. The smallest absolute Gasteiger partial charge is 0.257 e. The van der Waals surface area contributed by atoms with Crippen LogP contribution in [-0.2, 0) is 5.54 Å². The Kier molecular flexibility index (Phi) is 6.92. The highest BCUT2D eigenvalue weighted by Crippen LogP contribution is 2.44. The van der Waals surface area contributed by atoms with Gasteiger partial charge in [-0.1, -0.05) is 32.3 Å². The number of carbonyl (C=O) groups is 2. The number of nitrogens with one attached hydrogen (secondary N) is 3. The number of amides is 2. The van der Waals surface area contributed by atoms with Crippen LogP contribution in [0.5, 0.6) is 0 Å². The quantitative estimate of drug-likeness (QED) is 0.275. The van der Waals surface area contributed by atoms with Gasteiger partial charge >= 0.3 is 0 Å². The number of aromatic nitrogens is 4. The summed E-state index contributed by atoms with van der Waals surface area (Å²) in [6, 6.07) is 8.24. The van der Waals surface area contributed by atoms with Gasteiger partial charge < -0.3 is 20.5 Å². The molecular weight excluding hydrogens is 502 g/mol. The monoisotopic (exact) mass is 539 g/mol. The van der Waals surface area contributed by atoms with Crippen LogP contribution in [-0.4, -0.2) is 57.1 Å². The molecule has 40 heavy (non-hydrogen) atoms. The van der Waals surface area contributed by atoms with Gasteiger partial charge in [0.2, 0.25) is 0 Å². The van der Waals surface area contributed by atoms with Crippen molar-refractivity contribution in [2.45, 2.75) is 63.5 Å². The average molecular weight is 540 g/mol. The molecule has 9 heteroatoms. The molecule has 1 aliphatic heterocycles. The number of aromatic amines is 1. The van der Waals surface area contributed by atoms with Crippen molar-refractivity contribution in [3.8, 4) is 11.1 Å². The van der Waals surface area contributed by atoms with Crippen LogP contribution in [0.25, 0.3) is 22.2 Å². The molecule has 0 saturated heterocycles. The van der Waals surface area contributed by atoms with Gasteiger partial charge in [0.25, 0.3) is 11.8 Å². The molecule has 4 heterocycles. The summed E-state index contributed by atoms with van der Waals surface area (Å²) in [5, 5.41) is 11.7. The molecule has 3 aromatic heterocycles. The summed E-state index contributed by atoms with van der Waals surface area (Å²) >= 11 is 0. The van der Waals surface area contributed by atoms with E-state index in [-0.39, 0.29) is 23.4 Å². The molecule has 208 valence electrons. The first kappa shape index (κ1) is 26.3. The van der Waals surface area contributed by atoms with Crippen LogP contribution in [0.1, 0.15) is 84.2 Å². The Morgan fingerprint density at radius 2 is 1.98 bits per heavy atom. The molecule has 1 spiro atoms. The maximum Gasteiger partial charge on any atom is 0.257 e. The normalized spacial score (nSPS) is 16.9. The average Bonchev–Trinajstić information content (AvgIpc) is 3.66. The van der Waals surface area contributed by atoms with Gasteiger partial charge in [-0.3, -0.25) is 14.3 Å². The summed E-state index contributed by atoms with van der Waals surface area (Å²) in [5.74, 6) is -0.207. The van der Waals surface area contributed by atoms with Crippen molar-refractivity contribution < 1.29 is 9.59 Å².